The number of hydrogen-bond acceptors (Lipinski definition) is 4. The Kier molecular flexibility index (Phi) is 4.45. The molecule has 0 fully saturated rings. The third kappa shape index (κ3) is 3.32. The van der Waals surface area contributed by atoms with Gasteiger partial charge in [-0.25, -0.2) is 0 Å². The van der Waals surface area contributed by atoms with Crippen molar-refractivity contribution in [1.82, 2.24) is 0 Å². The van der Waals surface area contributed by atoms with Crippen molar-refractivity contribution < 1.29 is 14.6 Å². The van der Waals surface area contributed by atoms with Crippen LogP contribution in [-0.2, 0) is 6.54 Å². The summed E-state index contributed by atoms with van der Waals surface area (Å²) < 4.78 is 5.26. The van der Waals surface area contributed by atoms with Crippen LogP contribution in [0.4, 0.5) is 5.69 Å². The Hall–Kier alpha value is -2.53. The molecule has 0 aromatic heterocycles. The Morgan fingerprint density at radius 3 is 2.67 bits per heavy atom. The summed E-state index contributed by atoms with van der Waals surface area (Å²) in [5.74, 6) is 0.433. The molecule has 5 heteroatoms. The summed E-state index contributed by atoms with van der Waals surface area (Å²) in [6, 6.07) is 10.00. The quantitative estimate of drug-likeness (QED) is 0.806. The highest BCUT2D eigenvalue weighted by molar-refractivity contribution is 6.06. The number of phenolic OH excluding ortho intramolecular Hbond substituents is 1. The van der Waals surface area contributed by atoms with Gasteiger partial charge in [0.25, 0.3) is 5.91 Å². The lowest BCUT2D eigenvalue weighted by atomic mass is 10.1. The van der Waals surface area contributed by atoms with E-state index in [2.05, 4.69) is 5.32 Å². The minimum atomic E-state index is -0.258. The van der Waals surface area contributed by atoms with Crippen LogP contribution in [0.3, 0.4) is 0 Å². The number of aryl methyl sites for hydroxylation is 1. The van der Waals surface area contributed by atoms with E-state index in [0.29, 0.717) is 29.1 Å². The zero-order chi connectivity index (χ0) is 15.4. The number of carbonyl (C=O) groups excluding carboxylic acids is 1. The first-order chi connectivity index (χ1) is 10.0. The summed E-state index contributed by atoms with van der Waals surface area (Å²) in [5.41, 5.74) is 8.28. The molecule has 21 heavy (non-hydrogen) atoms. The van der Waals surface area contributed by atoms with Gasteiger partial charge in [0.05, 0.1) is 12.8 Å². The largest absolute Gasteiger partial charge is 0.508 e. The van der Waals surface area contributed by atoms with Crippen LogP contribution in [0.15, 0.2) is 36.4 Å². The van der Waals surface area contributed by atoms with Gasteiger partial charge in [-0.2, -0.15) is 0 Å². The van der Waals surface area contributed by atoms with Gasteiger partial charge in [0.2, 0.25) is 0 Å². The first-order valence-corrected chi connectivity index (χ1v) is 6.53. The average Bonchev–Trinajstić information content (AvgIpc) is 2.47. The second kappa shape index (κ2) is 6.28. The lowest BCUT2D eigenvalue weighted by Gasteiger charge is -2.12. The standard InChI is InChI=1S/C16H18N2O3/c1-10-7-12(19)4-5-13(10)16(20)18-14-6-3-11(9-17)8-15(14)21-2/h3-8,19H,9,17H2,1-2H3,(H,18,20). The SMILES string of the molecule is COc1cc(CN)ccc1NC(=O)c1ccc(O)cc1C. The molecule has 0 spiro atoms. The highest BCUT2D eigenvalue weighted by atomic mass is 16.5. The molecule has 2 aromatic rings. The van der Waals surface area contributed by atoms with Gasteiger partial charge in [0.15, 0.2) is 0 Å². The molecular weight excluding hydrogens is 268 g/mol. The van der Waals surface area contributed by atoms with E-state index in [1.165, 1.54) is 13.2 Å². The molecule has 0 bridgehead atoms. The Balaban J connectivity index is 2.27. The van der Waals surface area contributed by atoms with Crippen molar-refractivity contribution in [3.63, 3.8) is 0 Å². The number of ether oxygens (including phenoxy) is 1. The fraction of sp³-hybridized carbons (Fsp3) is 0.188. The van der Waals surface area contributed by atoms with Crippen molar-refractivity contribution in [1.29, 1.82) is 0 Å². The monoisotopic (exact) mass is 286 g/mol. The van der Waals surface area contributed by atoms with Crippen molar-refractivity contribution in [2.45, 2.75) is 13.5 Å². The maximum absolute atomic E-state index is 12.3. The molecule has 0 unspecified atom stereocenters. The number of phenols is 1. The molecule has 2 aromatic carbocycles. The predicted molar refractivity (Wildman–Crippen MR) is 81.7 cm³/mol. The second-order valence-corrected chi connectivity index (χ2v) is 4.69. The number of anilines is 1. The van der Waals surface area contributed by atoms with Gasteiger partial charge in [-0.15, -0.1) is 0 Å². The smallest absolute Gasteiger partial charge is 0.256 e. The lowest BCUT2D eigenvalue weighted by Crippen LogP contribution is -2.14. The van der Waals surface area contributed by atoms with Crippen molar-refractivity contribution >= 4 is 11.6 Å². The van der Waals surface area contributed by atoms with E-state index < -0.39 is 0 Å². The molecule has 4 N–H and O–H groups in total. The molecule has 0 aliphatic carbocycles. The Labute approximate surface area is 123 Å². The number of amides is 1. The van der Waals surface area contributed by atoms with Crippen molar-refractivity contribution in [2.75, 3.05) is 12.4 Å². The molecule has 1 amide bonds. The molecule has 5 nitrogen and oxygen atoms in total. The van der Waals surface area contributed by atoms with E-state index in [1.54, 1.807) is 31.2 Å². The number of nitrogens with one attached hydrogen (secondary N) is 1. The highest BCUT2D eigenvalue weighted by Crippen LogP contribution is 2.26. The maximum Gasteiger partial charge on any atom is 0.256 e. The minimum Gasteiger partial charge on any atom is -0.508 e. The van der Waals surface area contributed by atoms with Gasteiger partial charge in [0, 0.05) is 12.1 Å². The number of aromatic hydroxyl groups is 1. The van der Waals surface area contributed by atoms with Gasteiger partial charge >= 0.3 is 0 Å². The number of rotatable bonds is 4. The topological polar surface area (TPSA) is 84.6 Å². The number of nitrogens with two attached hydrogens (primary N) is 1. The minimum absolute atomic E-state index is 0.133. The second-order valence-electron chi connectivity index (χ2n) is 4.69. The molecule has 2 rings (SSSR count). The van der Waals surface area contributed by atoms with Crippen LogP contribution in [0.25, 0.3) is 0 Å². The maximum atomic E-state index is 12.3. The number of hydrogen-bond donors (Lipinski definition) is 3. The molecular formula is C16H18N2O3. The molecule has 0 heterocycles. The summed E-state index contributed by atoms with van der Waals surface area (Å²) >= 11 is 0. The Morgan fingerprint density at radius 1 is 1.29 bits per heavy atom. The van der Waals surface area contributed by atoms with E-state index in [9.17, 15) is 9.90 Å². The van der Waals surface area contributed by atoms with Crippen LogP contribution in [0.5, 0.6) is 11.5 Å². The molecule has 0 atom stereocenters. The van der Waals surface area contributed by atoms with Gasteiger partial charge in [-0.05, 0) is 48.4 Å². The third-order valence-electron chi connectivity index (χ3n) is 3.20. The van der Waals surface area contributed by atoms with Crippen LogP contribution in [0, 0.1) is 6.92 Å². The summed E-state index contributed by atoms with van der Waals surface area (Å²) in [6.07, 6.45) is 0. The van der Waals surface area contributed by atoms with Crippen LogP contribution in [0.2, 0.25) is 0 Å². The van der Waals surface area contributed by atoms with Crippen molar-refractivity contribution in [3.05, 3.63) is 53.1 Å². The summed E-state index contributed by atoms with van der Waals surface area (Å²) in [5, 5.41) is 12.2. The fourth-order valence-corrected chi connectivity index (χ4v) is 2.06. The highest BCUT2D eigenvalue weighted by Gasteiger charge is 2.12. The molecule has 0 saturated carbocycles. The van der Waals surface area contributed by atoms with E-state index in [-0.39, 0.29) is 11.7 Å². The zero-order valence-electron chi connectivity index (χ0n) is 12.0. The number of carbonyl (C=O) groups is 1. The summed E-state index contributed by atoms with van der Waals surface area (Å²) in [4.78, 5) is 12.3. The molecule has 0 saturated heterocycles. The first-order valence-electron chi connectivity index (χ1n) is 6.53. The van der Waals surface area contributed by atoms with Gasteiger partial charge in [0.1, 0.15) is 11.5 Å². The fourth-order valence-electron chi connectivity index (χ4n) is 2.06. The number of benzene rings is 2. The molecule has 0 aliphatic heterocycles. The van der Waals surface area contributed by atoms with E-state index in [0.717, 1.165) is 5.56 Å². The van der Waals surface area contributed by atoms with Crippen LogP contribution in [-0.4, -0.2) is 18.1 Å². The lowest BCUT2D eigenvalue weighted by molar-refractivity contribution is 0.102. The first kappa shape index (κ1) is 14.9. The predicted octanol–water partition coefficient (Wildman–Crippen LogP) is 2.42. The van der Waals surface area contributed by atoms with Crippen molar-refractivity contribution in [3.8, 4) is 11.5 Å². The average molecular weight is 286 g/mol. The van der Waals surface area contributed by atoms with Crippen LogP contribution >= 0.6 is 0 Å². The van der Waals surface area contributed by atoms with Crippen LogP contribution in [0.1, 0.15) is 21.5 Å². The normalized spacial score (nSPS) is 10.2. The molecule has 0 radical (unpaired) electrons. The molecule has 110 valence electrons. The van der Waals surface area contributed by atoms with Crippen LogP contribution < -0.4 is 15.8 Å². The number of methoxy groups -OCH3 is 1. The molecule has 0 aliphatic rings. The third-order valence-corrected chi connectivity index (χ3v) is 3.20. The Bertz CT molecular complexity index is 669. The van der Waals surface area contributed by atoms with Gasteiger partial charge in [-0.3, -0.25) is 4.79 Å². The van der Waals surface area contributed by atoms with Crippen molar-refractivity contribution in [2.24, 2.45) is 5.73 Å². The Morgan fingerprint density at radius 2 is 2.05 bits per heavy atom. The zero-order valence-corrected chi connectivity index (χ0v) is 12.0. The van der Waals surface area contributed by atoms with E-state index in [4.69, 9.17) is 10.5 Å². The van der Waals surface area contributed by atoms with Gasteiger partial charge in [-0.1, -0.05) is 6.07 Å². The van der Waals surface area contributed by atoms with E-state index in [1.807, 2.05) is 6.07 Å². The summed E-state index contributed by atoms with van der Waals surface area (Å²) in [6.45, 7) is 2.17. The van der Waals surface area contributed by atoms with Gasteiger partial charge < -0.3 is 20.9 Å². The van der Waals surface area contributed by atoms with E-state index >= 15 is 0 Å². The summed E-state index contributed by atoms with van der Waals surface area (Å²) in [7, 11) is 1.54.